The van der Waals surface area contributed by atoms with Gasteiger partial charge in [-0.05, 0) is 25.2 Å². The molecule has 0 bridgehead atoms. The molecule has 6 heteroatoms. The summed E-state index contributed by atoms with van der Waals surface area (Å²) in [5, 5.41) is 11.4. The Morgan fingerprint density at radius 2 is 2.24 bits per heavy atom. The van der Waals surface area contributed by atoms with Crippen LogP contribution in [0.25, 0.3) is 11.5 Å². The van der Waals surface area contributed by atoms with Gasteiger partial charge < -0.3 is 14.5 Å². The molecule has 0 unspecified atom stereocenters. The summed E-state index contributed by atoms with van der Waals surface area (Å²) in [6.07, 6.45) is 0. The molecule has 5 nitrogen and oxygen atoms in total. The number of hydrogen-bond donors (Lipinski definition) is 1. The lowest BCUT2D eigenvalue weighted by Gasteiger charge is -2.04. The highest BCUT2D eigenvalue weighted by molar-refractivity contribution is 6.30. The molecule has 1 heterocycles. The Labute approximate surface area is 104 Å². The lowest BCUT2D eigenvalue weighted by molar-refractivity contribution is 0.413. The lowest BCUT2D eigenvalue weighted by atomic mass is 10.2. The molecular formula is C11H12ClN3O2. The number of aromatic nitrogens is 2. The fourth-order valence-corrected chi connectivity index (χ4v) is 1.60. The second-order valence-corrected chi connectivity index (χ2v) is 3.81. The van der Waals surface area contributed by atoms with Crippen LogP contribution in [-0.4, -0.2) is 24.4 Å². The van der Waals surface area contributed by atoms with Crippen LogP contribution in [0.1, 0.15) is 5.89 Å². The molecule has 0 aliphatic heterocycles. The van der Waals surface area contributed by atoms with E-state index < -0.39 is 0 Å². The molecule has 0 saturated carbocycles. The highest BCUT2D eigenvalue weighted by atomic mass is 35.5. The van der Waals surface area contributed by atoms with Gasteiger partial charge in [0, 0.05) is 5.02 Å². The highest BCUT2D eigenvalue weighted by Gasteiger charge is 2.13. The number of methoxy groups -OCH3 is 1. The van der Waals surface area contributed by atoms with Crippen LogP contribution in [0.5, 0.6) is 5.75 Å². The average molecular weight is 254 g/mol. The maximum atomic E-state index is 5.93. The molecular weight excluding hydrogens is 242 g/mol. The van der Waals surface area contributed by atoms with E-state index >= 15 is 0 Å². The summed E-state index contributed by atoms with van der Waals surface area (Å²) in [5.74, 6) is 1.56. The quantitative estimate of drug-likeness (QED) is 0.904. The van der Waals surface area contributed by atoms with Crippen LogP contribution in [0.2, 0.25) is 5.02 Å². The monoisotopic (exact) mass is 253 g/mol. The smallest absolute Gasteiger partial charge is 0.251 e. The molecule has 1 aromatic carbocycles. The van der Waals surface area contributed by atoms with Gasteiger partial charge in [-0.2, -0.15) is 0 Å². The minimum absolute atomic E-state index is 0.398. The van der Waals surface area contributed by atoms with Crippen molar-refractivity contribution in [2.75, 3.05) is 14.2 Å². The summed E-state index contributed by atoms with van der Waals surface area (Å²) >= 11 is 5.93. The van der Waals surface area contributed by atoms with Crippen LogP contribution in [0, 0.1) is 0 Å². The summed E-state index contributed by atoms with van der Waals surface area (Å²) in [7, 11) is 3.39. The number of rotatable bonds is 4. The van der Waals surface area contributed by atoms with Crippen molar-refractivity contribution in [3.05, 3.63) is 29.1 Å². The summed E-state index contributed by atoms with van der Waals surface area (Å²) < 4.78 is 10.7. The van der Waals surface area contributed by atoms with Crippen LogP contribution in [0.3, 0.4) is 0 Å². The molecule has 1 aromatic heterocycles. The van der Waals surface area contributed by atoms with Crippen LogP contribution in [0.4, 0.5) is 0 Å². The Morgan fingerprint density at radius 3 is 2.94 bits per heavy atom. The van der Waals surface area contributed by atoms with E-state index in [1.807, 2.05) is 7.05 Å². The second kappa shape index (κ2) is 5.16. The molecule has 0 spiro atoms. The molecule has 0 fully saturated rings. The molecule has 0 atom stereocenters. The molecule has 0 radical (unpaired) electrons. The van der Waals surface area contributed by atoms with Gasteiger partial charge in [0.2, 0.25) is 5.89 Å². The Kier molecular flexibility index (Phi) is 3.61. The third kappa shape index (κ3) is 2.57. The number of benzene rings is 1. The van der Waals surface area contributed by atoms with Gasteiger partial charge >= 0.3 is 0 Å². The standard InChI is InChI=1S/C11H12ClN3O2/c1-13-6-10-14-15-11(17-10)8-5-7(12)3-4-9(8)16-2/h3-5,13H,6H2,1-2H3. The van der Waals surface area contributed by atoms with Gasteiger partial charge in [0.15, 0.2) is 0 Å². The Hall–Kier alpha value is -1.59. The first-order valence-electron chi connectivity index (χ1n) is 5.05. The van der Waals surface area contributed by atoms with Crippen molar-refractivity contribution < 1.29 is 9.15 Å². The molecule has 0 aliphatic carbocycles. The summed E-state index contributed by atoms with van der Waals surface area (Å²) in [5.41, 5.74) is 0.690. The predicted molar refractivity (Wildman–Crippen MR) is 64.1 cm³/mol. The number of halogens is 1. The van der Waals surface area contributed by atoms with Gasteiger partial charge in [0.25, 0.3) is 5.89 Å². The van der Waals surface area contributed by atoms with Crippen molar-refractivity contribution >= 4 is 11.6 Å². The summed E-state index contributed by atoms with van der Waals surface area (Å²) in [6, 6.07) is 5.24. The minimum atomic E-state index is 0.398. The zero-order valence-corrected chi connectivity index (χ0v) is 10.3. The van der Waals surface area contributed by atoms with E-state index in [1.165, 1.54) is 0 Å². The largest absolute Gasteiger partial charge is 0.496 e. The third-order valence-electron chi connectivity index (χ3n) is 2.19. The number of nitrogens with zero attached hydrogens (tertiary/aromatic N) is 2. The molecule has 17 heavy (non-hydrogen) atoms. The second-order valence-electron chi connectivity index (χ2n) is 3.38. The Morgan fingerprint density at radius 1 is 1.41 bits per heavy atom. The van der Waals surface area contributed by atoms with Crippen molar-refractivity contribution in [2.24, 2.45) is 0 Å². The molecule has 2 rings (SSSR count). The van der Waals surface area contributed by atoms with Crippen molar-refractivity contribution in [3.8, 4) is 17.2 Å². The average Bonchev–Trinajstić information content (AvgIpc) is 2.78. The summed E-state index contributed by atoms with van der Waals surface area (Å²) in [4.78, 5) is 0. The normalized spacial score (nSPS) is 10.5. The number of ether oxygens (including phenoxy) is 1. The van der Waals surface area contributed by atoms with Crippen molar-refractivity contribution in [1.29, 1.82) is 0 Å². The first-order chi connectivity index (χ1) is 8.24. The molecule has 0 aliphatic rings. The summed E-state index contributed by atoms with van der Waals surface area (Å²) in [6.45, 7) is 0.524. The number of nitrogens with one attached hydrogen (secondary N) is 1. The van der Waals surface area contributed by atoms with E-state index in [9.17, 15) is 0 Å². The Balaban J connectivity index is 2.40. The van der Waals surface area contributed by atoms with Gasteiger partial charge in [0.05, 0.1) is 19.2 Å². The van der Waals surface area contributed by atoms with E-state index in [1.54, 1.807) is 25.3 Å². The van der Waals surface area contributed by atoms with Crippen molar-refractivity contribution in [2.45, 2.75) is 6.54 Å². The minimum Gasteiger partial charge on any atom is -0.496 e. The zero-order valence-electron chi connectivity index (χ0n) is 9.53. The van der Waals surface area contributed by atoms with Crippen LogP contribution in [0.15, 0.2) is 22.6 Å². The zero-order chi connectivity index (χ0) is 12.3. The van der Waals surface area contributed by atoms with Crippen molar-refractivity contribution in [1.82, 2.24) is 15.5 Å². The van der Waals surface area contributed by atoms with Crippen LogP contribution >= 0.6 is 11.6 Å². The maximum Gasteiger partial charge on any atom is 0.251 e. The molecule has 0 amide bonds. The fourth-order valence-electron chi connectivity index (χ4n) is 1.43. The SMILES string of the molecule is CNCc1nnc(-c2cc(Cl)ccc2OC)o1. The van der Waals surface area contributed by atoms with E-state index in [2.05, 4.69) is 15.5 Å². The van der Waals surface area contributed by atoms with Gasteiger partial charge in [-0.25, -0.2) is 0 Å². The molecule has 90 valence electrons. The fraction of sp³-hybridized carbons (Fsp3) is 0.273. The first kappa shape index (κ1) is 11.9. The highest BCUT2D eigenvalue weighted by Crippen LogP contribution is 2.31. The van der Waals surface area contributed by atoms with Crippen LogP contribution < -0.4 is 10.1 Å². The van der Waals surface area contributed by atoms with E-state index in [-0.39, 0.29) is 0 Å². The van der Waals surface area contributed by atoms with Gasteiger partial charge in [-0.15, -0.1) is 10.2 Å². The van der Waals surface area contributed by atoms with E-state index in [0.29, 0.717) is 34.7 Å². The topological polar surface area (TPSA) is 60.2 Å². The molecule has 0 saturated heterocycles. The maximum absolute atomic E-state index is 5.93. The van der Waals surface area contributed by atoms with E-state index in [0.717, 1.165) is 0 Å². The number of hydrogen-bond acceptors (Lipinski definition) is 5. The molecule has 2 aromatic rings. The third-order valence-corrected chi connectivity index (χ3v) is 2.42. The van der Waals surface area contributed by atoms with Gasteiger partial charge in [0.1, 0.15) is 5.75 Å². The Bertz CT molecular complexity index is 513. The lowest BCUT2D eigenvalue weighted by Crippen LogP contribution is -2.04. The van der Waals surface area contributed by atoms with E-state index in [4.69, 9.17) is 20.8 Å². The van der Waals surface area contributed by atoms with Crippen LogP contribution in [-0.2, 0) is 6.54 Å². The molecule has 1 N–H and O–H groups in total. The predicted octanol–water partition coefficient (Wildman–Crippen LogP) is 2.12. The van der Waals surface area contributed by atoms with Gasteiger partial charge in [-0.1, -0.05) is 11.6 Å². The van der Waals surface area contributed by atoms with Crippen molar-refractivity contribution in [3.63, 3.8) is 0 Å². The first-order valence-corrected chi connectivity index (χ1v) is 5.43. The van der Waals surface area contributed by atoms with Gasteiger partial charge in [-0.3, -0.25) is 0 Å².